The van der Waals surface area contributed by atoms with Crippen molar-refractivity contribution < 1.29 is 0 Å². The standard InChI is InChI=1S/C9H13N2/c1-8-4-3-6-11-9(8)5-7-10-2/h3-4,6H,5,7H2,1-2H3/q-1. The van der Waals surface area contributed by atoms with Crippen molar-refractivity contribution in [1.29, 1.82) is 0 Å². The number of nitrogens with zero attached hydrogens (tertiary/aromatic N) is 2. The Bertz CT molecular complexity index is 221. The molecule has 2 nitrogen and oxygen atoms in total. The summed E-state index contributed by atoms with van der Waals surface area (Å²) in [5, 5.41) is 4.03. The summed E-state index contributed by atoms with van der Waals surface area (Å²) < 4.78 is 0. The molecule has 0 amide bonds. The summed E-state index contributed by atoms with van der Waals surface area (Å²) in [4.78, 5) is 4.26. The zero-order chi connectivity index (χ0) is 8.10. The van der Waals surface area contributed by atoms with Crippen LogP contribution < -0.4 is 0 Å². The van der Waals surface area contributed by atoms with Crippen LogP contribution in [-0.4, -0.2) is 18.6 Å². The fourth-order valence-corrected chi connectivity index (χ4v) is 0.998. The molecule has 0 fully saturated rings. The maximum Gasteiger partial charge on any atom is 0.0415 e. The van der Waals surface area contributed by atoms with E-state index in [2.05, 4.69) is 23.3 Å². The Hall–Kier alpha value is -0.890. The highest BCUT2D eigenvalue weighted by molar-refractivity contribution is 5.18. The van der Waals surface area contributed by atoms with E-state index in [1.807, 2.05) is 19.3 Å². The summed E-state index contributed by atoms with van der Waals surface area (Å²) >= 11 is 0. The molecule has 0 atom stereocenters. The lowest BCUT2D eigenvalue weighted by Gasteiger charge is -2.10. The Kier molecular flexibility index (Phi) is 3.05. The second-order valence-electron chi connectivity index (χ2n) is 2.56. The van der Waals surface area contributed by atoms with Gasteiger partial charge in [-0.05, 0) is 25.0 Å². The maximum absolute atomic E-state index is 4.26. The van der Waals surface area contributed by atoms with E-state index in [0.29, 0.717) is 0 Å². The molecule has 11 heavy (non-hydrogen) atoms. The predicted molar refractivity (Wildman–Crippen MR) is 46.8 cm³/mol. The van der Waals surface area contributed by atoms with Gasteiger partial charge in [0.05, 0.1) is 0 Å². The number of hydrogen-bond acceptors (Lipinski definition) is 1. The van der Waals surface area contributed by atoms with Crippen LogP contribution in [0.2, 0.25) is 0 Å². The zero-order valence-corrected chi connectivity index (χ0v) is 7.04. The monoisotopic (exact) mass is 149 g/mol. The van der Waals surface area contributed by atoms with E-state index < -0.39 is 0 Å². The lowest BCUT2D eigenvalue weighted by molar-refractivity contribution is 0.958. The van der Waals surface area contributed by atoms with Crippen LogP contribution in [0, 0.1) is 6.92 Å². The topological polar surface area (TPSA) is 27.0 Å². The van der Waals surface area contributed by atoms with Crippen molar-refractivity contribution in [3.05, 3.63) is 34.9 Å². The molecule has 1 heterocycles. The molecule has 0 saturated heterocycles. The summed E-state index contributed by atoms with van der Waals surface area (Å²) in [5.74, 6) is 0. The molecule has 0 aliphatic rings. The average Bonchev–Trinajstić information content (AvgIpc) is 2.03. The normalized spacial score (nSPS) is 10.0. The third-order valence-electron chi connectivity index (χ3n) is 1.69. The molecule has 1 rings (SSSR count). The summed E-state index contributed by atoms with van der Waals surface area (Å²) in [6.45, 7) is 2.95. The van der Waals surface area contributed by atoms with Crippen molar-refractivity contribution in [3.8, 4) is 0 Å². The van der Waals surface area contributed by atoms with Crippen LogP contribution in [0.5, 0.6) is 0 Å². The van der Waals surface area contributed by atoms with E-state index in [1.54, 1.807) is 0 Å². The van der Waals surface area contributed by atoms with Crippen LogP contribution in [0.3, 0.4) is 0 Å². The van der Waals surface area contributed by atoms with Gasteiger partial charge >= 0.3 is 0 Å². The molecule has 0 aliphatic carbocycles. The third kappa shape index (κ3) is 2.31. The fraction of sp³-hybridized carbons (Fsp3) is 0.444. The number of hydrogen-bond donors (Lipinski definition) is 0. The smallest absolute Gasteiger partial charge is 0.0415 e. The van der Waals surface area contributed by atoms with Crippen molar-refractivity contribution in [2.75, 3.05) is 13.6 Å². The summed E-state index contributed by atoms with van der Waals surface area (Å²) in [7, 11) is 1.83. The number of rotatable bonds is 3. The first-order valence-electron chi connectivity index (χ1n) is 3.80. The molecule has 0 N–H and O–H groups in total. The minimum atomic E-state index is 0.873. The first kappa shape index (κ1) is 8.21. The minimum Gasteiger partial charge on any atom is -0.665 e. The Balaban J connectivity index is 2.62. The molecule has 60 valence electrons. The van der Waals surface area contributed by atoms with Gasteiger partial charge in [0, 0.05) is 11.9 Å². The van der Waals surface area contributed by atoms with E-state index in [-0.39, 0.29) is 0 Å². The van der Waals surface area contributed by atoms with Crippen molar-refractivity contribution >= 4 is 0 Å². The Morgan fingerprint density at radius 1 is 1.55 bits per heavy atom. The minimum absolute atomic E-state index is 0.873. The van der Waals surface area contributed by atoms with Gasteiger partial charge in [-0.1, -0.05) is 6.07 Å². The second kappa shape index (κ2) is 4.09. The van der Waals surface area contributed by atoms with Gasteiger partial charge in [-0.25, -0.2) is 0 Å². The highest BCUT2D eigenvalue weighted by Gasteiger charge is 1.93. The molecule has 0 radical (unpaired) electrons. The SMILES string of the molecule is C[N-]CCc1ncccc1C. The molecule has 0 aliphatic heterocycles. The second-order valence-corrected chi connectivity index (χ2v) is 2.56. The lowest BCUT2D eigenvalue weighted by atomic mass is 10.2. The summed E-state index contributed by atoms with van der Waals surface area (Å²) in [5.41, 5.74) is 2.43. The summed E-state index contributed by atoms with van der Waals surface area (Å²) in [6, 6.07) is 4.04. The van der Waals surface area contributed by atoms with E-state index in [9.17, 15) is 0 Å². The fourth-order valence-electron chi connectivity index (χ4n) is 0.998. The Morgan fingerprint density at radius 3 is 3.00 bits per heavy atom. The van der Waals surface area contributed by atoms with E-state index in [1.165, 1.54) is 5.56 Å². The molecular weight excluding hydrogens is 136 g/mol. The van der Waals surface area contributed by atoms with Gasteiger partial charge in [0.1, 0.15) is 0 Å². The van der Waals surface area contributed by atoms with Crippen molar-refractivity contribution in [2.24, 2.45) is 0 Å². The zero-order valence-electron chi connectivity index (χ0n) is 7.04. The lowest BCUT2D eigenvalue weighted by Crippen LogP contribution is -1.96. The van der Waals surface area contributed by atoms with E-state index in [4.69, 9.17) is 0 Å². The molecule has 1 aromatic rings. The quantitative estimate of drug-likeness (QED) is 0.645. The molecule has 2 heteroatoms. The van der Waals surface area contributed by atoms with E-state index in [0.717, 1.165) is 18.7 Å². The van der Waals surface area contributed by atoms with Gasteiger partial charge in [0.2, 0.25) is 0 Å². The first-order chi connectivity index (χ1) is 5.34. The number of aryl methyl sites for hydroxylation is 1. The third-order valence-corrected chi connectivity index (χ3v) is 1.69. The van der Waals surface area contributed by atoms with Gasteiger partial charge in [-0.3, -0.25) is 4.98 Å². The molecule has 1 aromatic heterocycles. The number of likely N-dealkylation sites (N-methyl/N-ethyl adjacent to an activating group) is 1. The average molecular weight is 149 g/mol. The van der Waals surface area contributed by atoms with E-state index >= 15 is 0 Å². The van der Waals surface area contributed by atoms with Gasteiger partial charge in [0.25, 0.3) is 0 Å². The predicted octanol–water partition coefficient (Wildman–Crippen LogP) is 1.94. The van der Waals surface area contributed by atoms with Crippen molar-refractivity contribution in [1.82, 2.24) is 4.98 Å². The van der Waals surface area contributed by atoms with Gasteiger partial charge in [-0.15, -0.1) is 6.54 Å². The molecule has 0 aromatic carbocycles. The Labute approximate surface area is 67.7 Å². The maximum atomic E-state index is 4.26. The molecule has 0 unspecified atom stereocenters. The van der Waals surface area contributed by atoms with Crippen LogP contribution in [0.25, 0.3) is 5.32 Å². The van der Waals surface area contributed by atoms with Crippen LogP contribution in [0.15, 0.2) is 18.3 Å². The van der Waals surface area contributed by atoms with Crippen molar-refractivity contribution in [2.45, 2.75) is 13.3 Å². The molecule has 0 bridgehead atoms. The van der Waals surface area contributed by atoms with Crippen LogP contribution in [-0.2, 0) is 6.42 Å². The Morgan fingerprint density at radius 2 is 2.36 bits per heavy atom. The van der Waals surface area contributed by atoms with Crippen LogP contribution in [0.4, 0.5) is 0 Å². The molecule has 0 spiro atoms. The first-order valence-corrected chi connectivity index (χ1v) is 3.80. The molecular formula is C9H13N2-. The summed E-state index contributed by atoms with van der Waals surface area (Å²) in [6.07, 6.45) is 2.79. The molecule has 0 saturated carbocycles. The highest BCUT2D eigenvalue weighted by Crippen LogP contribution is 2.04. The van der Waals surface area contributed by atoms with Gasteiger partial charge in [-0.2, -0.15) is 7.05 Å². The largest absolute Gasteiger partial charge is 0.665 e. The van der Waals surface area contributed by atoms with Crippen LogP contribution >= 0.6 is 0 Å². The van der Waals surface area contributed by atoms with Crippen molar-refractivity contribution in [3.63, 3.8) is 0 Å². The van der Waals surface area contributed by atoms with Crippen LogP contribution in [0.1, 0.15) is 11.3 Å². The van der Waals surface area contributed by atoms with Gasteiger partial charge in [0.15, 0.2) is 0 Å². The highest BCUT2D eigenvalue weighted by atomic mass is 14.8. The van der Waals surface area contributed by atoms with Gasteiger partial charge < -0.3 is 5.32 Å². The number of pyridine rings is 1. The number of aromatic nitrogens is 1.